The van der Waals surface area contributed by atoms with Gasteiger partial charge >= 0.3 is 0 Å². The number of rotatable bonds is 4. The fourth-order valence-corrected chi connectivity index (χ4v) is 6.10. The van der Waals surface area contributed by atoms with Gasteiger partial charge in [0.2, 0.25) is 10.0 Å². The number of halogens is 1. The molecule has 1 aliphatic heterocycles. The Morgan fingerprint density at radius 3 is 2.89 bits per heavy atom. The van der Waals surface area contributed by atoms with E-state index in [0.717, 1.165) is 37.0 Å². The third-order valence-corrected chi connectivity index (χ3v) is 7.22. The zero-order valence-corrected chi connectivity index (χ0v) is 13.5. The number of thiophene rings is 1. The lowest BCUT2D eigenvalue weighted by molar-refractivity contribution is 0.315. The Morgan fingerprint density at radius 2 is 2.21 bits per heavy atom. The Labute approximate surface area is 124 Å². The predicted molar refractivity (Wildman–Crippen MR) is 80.3 cm³/mol. The molecule has 0 aromatic carbocycles. The minimum Gasteiger partial charge on any atom is -0.207 e. The SMILES string of the molecule is CCC1CCCCCN1S(=O)(=O)c1ccsc1CCl. The van der Waals surface area contributed by atoms with Gasteiger partial charge in [0.05, 0.1) is 10.8 Å². The average molecular weight is 322 g/mol. The minimum atomic E-state index is -3.39. The normalized spacial score (nSPS) is 22.3. The molecule has 1 aromatic rings. The van der Waals surface area contributed by atoms with Gasteiger partial charge in [-0.15, -0.1) is 22.9 Å². The molecule has 6 heteroatoms. The molecule has 0 amide bonds. The first kappa shape index (κ1) is 15.3. The van der Waals surface area contributed by atoms with Crippen molar-refractivity contribution in [3.8, 4) is 0 Å². The van der Waals surface area contributed by atoms with E-state index in [-0.39, 0.29) is 11.9 Å². The van der Waals surface area contributed by atoms with E-state index in [1.807, 2.05) is 5.38 Å². The molecule has 1 fully saturated rings. The van der Waals surface area contributed by atoms with Crippen LogP contribution >= 0.6 is 22.9 Å². The molecule has 0 N–H and O–H groups in total. The summed E-state index contributed by atoms with van der Waals surface area (Å²) in [5.41, 5.74) is 0. The second-order valence-electron chi connectivity index (χ2n) is 4.87. The van der Waals surface area contributed by atoms with Crippen molar-refractivity contribution >= 4 is 33.0 Å². The van der Waals surface area contributed by atoms with Crippen LogP contribution in [0.3, 0.4) is 0 Å². The zero-order valence-electron chi connectivity index (χ0n) is 11.1. The van der Waals surface area contributed by atoms with Gasteiger partial charge in [-0.05, 0) is 30.7 Å². The van der Waals surface area contributed by atoms with Crippen LogP contribution in [0.15, 0.2) is 16.3 Å². The van der Waals surface area contributed by atoms with Gasteiger partial charge in [0, 0.05) is 17.5 Å². The van der Waals surface area contributed by atoms with Crippen LogP contribution in [0, 0.1) is 0 Å². The Bertz CT molecular complexity index is 512. The highest BCUT2D eigenvalue weighted by Crippen LogP contribution is 2.31. The van der Waals surface area contributed by atoms with Crippen molar-refractivity contribution in [3.63, 3.8) is 0 Å². The zero-order chi connectivity index (χ0) is 13.9. The molecule has 0 radical (unpaired) electrons. The van der Waals surface area contributed by atoms with Gasteiger partial charge in [-0.2, -0.15) is 4.31 Å². The summed E-state index contributed by atoms with van der Waals surface area (Å²) in [7, 11) is -3.39. The highest BCUT2D eigenvalue weighted by Gasteiger charge is 2.33. The largest absolute Gasteiger partial charge is 0.244 e. The Morgan fingerprint density at radius 1 is 1.42 bits per heavy atom. The topological polar surface area (TPSA) is 37.4 Å². The van der Waals surface area contributed by atoms with Crippen molar-refractivity contribution in [1.29, 1.82) is 0 Å². The lowest BCUT2D eigenvalue weighted by Crippen LogP contribution is -2.39. The van der Waals surface area contributed by atoms with Gasteiger partial charge in [0.15, 0.2) is 0 Å². The van der Waals surface area contributed by atoms with Crippen molar-refractivity contribution in [2.75, 3.05) is 6.54 Å². The molecule has 1 unspecified atom stereocenters. The van der Waals surface area contributed by atoms with Crippen molar-refractivity contribution in [1.82, 2.24) is 4.31 Å². The quantitative estimate of drug-likeness (QED) is 0.790. The van der Waals surface area contributed by atoms with E-state index in [1.165, 1.54) is 11.3 Å². The summed E-state index contributed by atoms with van der Waals surface area (Å²) in [6.45, 7) is 2.70. The third kappa shape index (κ3) is 3.15. The highest BCUT2D eigenvalue weighted by atomic mass is 35.5. The number of alkyl halides is 1. The van der Waals surface area contributed by atoms with E-state index in [1.54, 1.807) is 10.4 Å². The molecule has 1 saturated heterocycles. The van der Waals surface area contributed by atoms with Crippen LogP contribution in [-0.2, 0) is 15.9 Å². The minimum absolute atomic E-state index is 0.135. The summed E-state index contributed by atoms with van der Waals surface area (Å²) in [5, 5.41) is 1.81. The summed E-state index contributed by atoms with van der Waals surface area (Å²) in [6, 6.07) is 1.82. The molecular formula is C13H20ClNO2S2. The van der Waals surface area contributed by atoms with Crippen molar-refractivity contribution in [2.24, 2.45) is 0 Å². The van der Waals surface area contributed by atoms with E-state index in [0.29, 0.717) is 11.4 Å². The van der Waals surface area contributed by atoms with Crippen molar-refractivity contribution < 1.29 is 8.42 Å². The molecule has 1 atom stereocenters. The van der Waals surface area contributed by atoms with Crippen LogP contribution in [0.5, 0.6) is 0 Å². The Kier molecular flexibility index (Phi) is 5.29. The second kappa shape index (κ2) is 6.57. The van der Waals surface area contributed by atoms with E-state index in [9.17, 15) is 8.42 Å². The van der Waals surface area contributed by atoms with Crippen LogP contribution in [0.4, 0.5) is 0 Å². The maximum atomic E-state index is 12.8. The molecule has 2 heterocycles. The van der Waals surface area contributed by atoms with Crippen molar-refractivity contribution in [3.05, 3.63) is 16.3 Å². The van der Waals surface area contributed by atoms with E-state index in [4.69, 9.17) is 11.6 Å². The number of sulfonamides is 1. The van der Waals surface area contributed by atoms with E-state index < -0.39 is 10.0 Å². The molecule has 0 bridgehead atoms. The molecule has 2 rings (SSSR count). The summed E-state index contributed by atoms with van der Waals surface area (Å²) in [4.78, 5) is 1.16. The van der Waals surface area contributed by atoms with Gasteiger partial charge in [-0.3, -0.25) is 0 Å². The maximum absolute atomic E-state index is 12.8. The monoisotopic (exact) mass is 321 g/mol. The average Bonchev–Trinajstić information content (AvgIpc) is 2.76. The molecule has 0 aliphatic carbocycles. The Balaban J connectivity index is 2.36. The van der Waals surface area contributed by atoms with Crippen LogP contribution in [0.1, 0.15) is 43.9 Å². The molecule has 1 aromatic heterocycles. The van der Waals surface area contributed by atoms with Crippen LogP contribution in [0.25, 0.3) is 0 Å². The summed E-state index contributed by atoms with van der Waals surface area (Å²) < 4.78 is 27.4. The second-order valence-corrected chi connectivity index (χ2v) is 8.00. The maximum Gasteiger partial charge on any atom is 0.244 e. The van der Waals surface area contributed by atoms with Crippen LogP contribution < -0.4 is 0 Å². The van der Waals surface area contributed by atoms with Crippen LogP contribution in [-0.4, -0.2) is 25.3 Å². The van der Waals surface area contributed by atoms with Gasteiger partial charge in [0.1, 0.15) is 0 Å². The van der Waals surface area contributed by atoms with E-state index >= 15 is 0 Å². The lowest BCUT2D eigenvalue weighted by atomic mass is 10.1. The first-order valence-electron chi connectivity index (χ1n) is 6.75. The molecule has 1 aliphatic rings. The first-order chi connectivity index (χ1) is 9.11. The van der Waals surface area contributed by atoms with E-state index in [2.05, 4.69) is 6.92 Å². The molecule has 19 heavy (non-hydrogen) atoms. The molecule has 108 valence electrons. The van der Waals surface area contributed by atoms with Gasteiger partial charge < -0.3 is 0 Å². The molecule has 0 saturated carbocycles. The summed E-state index contributed by atoms with van der Waals surface area (Å²) in [6.07, 6.45) is 5.04. The summed E-state index contributed by atoms with van der Waals surface area (Å²) in [5.74, 6) is 0.261. The number of hydrogen-bond donors (Lipinski definition) is 0. The standard InChI is InChI=1S/C13H20ClNO2S2/c1-2-11-6-4-3-5-8-15(11)19(16,17)13-7-9-18-12(13)10-14/h7,9,11H,2-6,8,10H2,1H3. The molecule has 0 spiro atoms. The summed E-state index contributed by atoms with van der Waals surface area (Å²) >= 11 is 7.27. The highest BCUT2D eigenvalue weighted by molar-refractivity contribution is 7.89. The molecule has 3 nitrogen and oxygen atoms in total. The first-order valence-corrected chi connectivity index (χ1v) is 9.60. The van der Waals surface area contributed by atoms with Gasteiger partial charge in [0.25, 0.3) is 0 Å². The number of nitrogens with zero attached hydrogens (tertiary/aromatic N) is 1. The van der Waals surface area contributed by atoms with Gasteiger partial charge in [-0.1, -0.05) is 19.8 Å². The smallest absolute Gasteiger partial charge is 0.207 e. The molecular weight excluding hydrogens is 302 g/mol. The van der Waals surface area contributed by atoms with Crippen molar-refractivity contribution in [2.45, 2.75) is 55.8 Å². The number of hydrogen-bond acceptors (Lipinski definition) is 3. The van der Waals surface area contributed by atoms with Gasteiger partial charge in [-0.25, -0.2) is 8.42 Å². The Hall–Kier alpha value is -0.100. The lowest BCUT2D eigenvalue weighted by Gasteiger charge is -2.28. The van der Waals surface area contributed by atoms with Crippen LogP contribution in [0.2, 0.25) is 0 Å². The fourth-order valence-electron chi connectivity index (χ4n) is 2.66. The third-order valence-electron chi connectivity index (χ3n) is 3.71. The predicted octanol–water partition coefficient (Wildman–Crippen LogP) is 3.83. The fraction of sp³-hybridized carbons (Fsp3) is 0.692.